The van der Waals surface area contributed by atoms with E-state index in [1.807, 2.05) is 42.5 Å². The summed E-state index contributed by atoms with van der Waals surface area (Å²) in [5.74, 6) is 6.34. The Morgan fingerprint density at radius 1 is 1.00 bits per heavy atom. The van der Waals surface area contributed by atoms with Crippen LogP contribution in [0, 0.1) is 17.8 Å². The number of nitrogens with zero attached hydrogens (tertiary/aromatic N) is 7. The van der Waals surface area contributed by atoms with E-state index in [2.05, 4.69) is 42.5 Å². The zero-order valence-corrected chi connectivity index (χ0v) is 34.3. The summed E-state index contributed by atoms with van der Waals surface area (Å²) in [5, 5.41) is 15.7. The SMILES string of the molecule is O=C1CCC(c2cccc3c(C#CCOC4CCN(C[C@H]5CC[C@H](n6cc(NC(=O)c7cnn8ccc(N9C[C@H]%10C[C@@H]9CO%10)nc78)c(C(F)F)n6)CC5)CC4)cccc23)C(=O)N1. The summed E-state index contributed by atoms with van der Waals surface area (Å²) < 4.78 is 43.6. The molecule has 4 saturated heterocycles. The Bertz CT molecular complexity index is 2570. The number of nitrogens with one attached hydrogen (secondary N) is 2. The summed E-state index contributed by atoms with van der Waals surface area (Å²) in [4.78, 5) is 47.3. The first kappa shape index (κ1) is 40.3. The third-order valence-corrected chi connectivity index (χ3v) is 13.4. The number of ether oxygens (including phenoxy) is 2. The number of carbonyl (C=O) groups excluding carboxylic acids is 3. The van der Waals surface area contributed by atoms with Crippen molar-refractivity contribution in [3.8, 4) is 11.8 Å². The largest absolute Gasteiger partial charge is 0.374 e. The van der Waals surface area contributed by atoms with Gasteiger partial charge in [0.25, 0.3) is 12.3 Å². The zero-order valence-electron chi connectivity index (χ0n) is 34.3. The molecule has 322 valence electrons. The molecule has 14 nitrogen and oxygen atoms in total. The third-order valence-electron chi connectivity index (χ3n) is 13.4. The number of carbonyl (C=O) groups is 3. The molecule has 3 amide bonds. The summed E-state index contributed by atoms with van der Waals surface area (Å²) in [5.41, 5.74) is 1.92. The van der Waals surface area contributed by atoms with Gasteiger partial charge in [0.15, 0.2) is 11.3 Å². The van der Waals surface area contributed by atoms with Gasteiger partial charge < -0.3 is 24.6 Å². The average molecular weight is 846 g/mol. The van der Waals surface area contributed by atoms with Gasteiger partial charge in [0.1, 0.15) is 18.0 Å². The van der Waals surface area contributed by atoms with Crippen molar-refractivity contribution in [1.29, 1.82) is 0 Å². The molecule has 10 rings (SSSR count). The molecule has 3 atom stereocenters. The maximum atomic E-state index is 14.3. The average Bonchev–Trinajstić information content (AvgIpc) is 4.11. The zero-order chi connectivity index (χ0) is 42.3. The fourth-order valence-corrected chi connectivity index (χ4v) is 10.1. The number of amides is 3. The van der Waals surface area contributed by atoms with E-state index in [1.54, 1.807) is 17.1 Å². The molecule has 5 aliphatic rings. The first-order chi connectivity index (χ1) is 30.2. The molecule has 2 N–H and O–H groups in total. The van der Waals surface area contributed by atoms with Crippen molar-refractivity contribution in [2.24, 2.45) is 5.92 Å². The number of morpholine rings is 1. The Morgan fingerprint density at radius 2 is 1.82 bits per heavy atom. The number of alkyl halides is 2. The fourth-order valence-electron chi connectivity index (χ4n) is 10.1. The number of aromatic nitrogens is 5. The second kappa shape index (κ2) is 17.2. The van der Waals surface area contributed by atoms with Gasteiger partial charge in [-0.3, -0.25) is 24.4 Å². The molecule has 1 saturated carbocycles. The highest BCUT2D eigenvalue weighted by Crippen LogP contribution is 2.37. The van der Waals surface area contributed by atoms with E-state index in [4.69, 9.17) is 14.5 Å². The van der Waals surface area contributed by atoms with Crippen LogP contribution in [0.5, 0.6) is 0 Å². The molecule has 3 aromatic heterocycles. The first-order valence-corrected chi connectivity index (χ1v) is 21.8. The van der Waals surface area contributed by atoms with E-state index in [0.29, 0.717) is 37.6 Å². The maximum absolute atomic E-state index is 14.3. The van der Waals surface area contributed by atoms with Crippen molar-refractivity contribution in [3.63, 3.8) is 0 Å². The fraction of sp³-hybridized carbons (Fsp3) is 0.478. The van der Waals surface area contributed by atoms with Crippen LogP contribution in [0.2, 0.25) is 0 Å². The number of hydrogen-bond donors (Lipinski definition) is 2. The van der Waals surface area contributed by atoms with Crippen LogP contribution in [0.3, 0.4) is 0 Å². The van der Waals surface area contributed by atoms with Gasteiger partial charge in [0, 0.05) is 50.6 Å². The van der Waals surface area contributed by atoms with Crippen molar-refractivity contribution in [1.82, 2.24) is 34.6 Å². The molecule has 1 aliphatic carbocycles. The number of anilines is 2. The van der Waals surface area contributed by atoms with Crippen LogP contribution in [0.25, 0.3) is 16.4 Å². The number of imide groups is 1. The molecule has 1 unspecified atom stereocenters. The van der Waals surface area contributed by atoms with Crippen LogP contribution in [0.15, 0.2) is 61.1 Å². The molecule has 5 aromatic rings. The smallest absolute Gasteiger partial charge is 0.284 e. The summed E-state index contributed by atoms with van der Waals surface area (Å²) in [6, 6.07) is 13.9. The van der Waals surface area contributed by atoms with Crippen LogP contribution in [-0.4, -0.2) is 105 Å². The number of hydrogen-bond acceptors (Lipinski definition) is 10. The molecule has 62 heavy (non-hydrogen) atoms. The Kier molecular flexibility index (Phi) is 11.2. The Hall–Kier alpha value is -5.76. The molecule has 7 heterocycles. The second-order valence-electron chi connectivity index (χ2n) is 17.3. The molecule has 4 aliphatic heterocycles. The highest BCUT2D eigenvalue weighted by molar-refractivity contribution is 6.08. The summed E-state index contributed by atoms with van der Waals surface area (Å²) in [6.07, 6.45) is 9.41. The van der Waals surface area contributed by atoms with Crippen molar-refractivity contribution >= 4 is 45.6 Å². The van der Waals surface area contributed by atoms with Crippen LogP contribution in [0.1, 0.15) is 103 Å². The highest BCUT2D eigenvalue weighted by atomic mass is 19.3. The normalized spacial score (nSPS) is 24.5. The van der Waals surface area contributed by atoms with Crippen molar-refractivity contribution < 1.29 is 32.6 Å². The third kappa shape index (κ3) is 8.16. The van der Waals surface area contributed by atoms with Gasteiger partial charge in [0.05, 0.1) is 48.7 Å². The predicted molar refractivity (Wildman–Crippen MR) is 226 cm³/mol. The van der Waals surface area contributed by atoms with Gasteiger partial charge in [-0.2, -0.15) is 10.2 Å². The van der Waals surface area contributed by atoms with Crippen LogP contribution in [0.4, 0.5) is 20.3 Å². The standard InChI is InChI=1S/C46H49F2N9O5/c47-43(48)42-39(50-46(60)38-23-49-56-20-17-40(51-44(38)56)55-25-33-22-31(55)27-62-33)26-57(53-42)30-11-9-28(10-12-30)24-54-18-15-32(16-19-54)61-21-3-5-29-4-1-7-35-34(29)6-2-8-36(35)37-13-14-41(58)52-45(37)59/h1-2,4,6-8,17,20,23,26,28,30-33,37,43H,9-16,18-19,21-22,24-25,27H2,(H,50,60)(H,52,58,59)/t28-,30-,31-,33-,37?/m1/s1. The van der Waals surface area contributed by atoms with Crippen LogP contribution >= 0.6 is 0 Å². The lowest BCUT2D eigenvalue weighted by molar-refractivity contribution is -0.134. The van der Waals surface area contributed by atoms with Crippen molar-refractivity contribution in [2.45, 2.75) is 94.4 Å². The number of halogens is 2. The number of likely N-dealkylation sites (tertiary alicyclic amines) is 1. The molecule has 2 aromatic carbocycles. The molecule has 2 bridgehead atoms. The monoisotopic (exact) mass is 845 g/mol. The lowest BCUT2D eigenvalue weighted by Gasteiger charge is -2.36. The highest BCUT2D eigenvalue weighted by Gasteiger charge is 2.40. The minimum absolute atomic E-state index is 0.00174. The first-order valence-electron chi connectivity index (χ1n) is 21.8. The van der Waals surface area contributed by atoms with E-state index in [-0.39, 0.29) is 53.3 Å². The minimum atomic E-state index is -2.85. The molecule has 0 radical (unpaired) electrons. The van der Waals surface area contributed by atoms with Gasteiger partial charge in [-0.1, -0.05) is 42.2 Å². The lowest BCUT2D eigenvalue weighted by Crippen LogP contribution is -2.40. The van der Waals surface area contributed by atoms with Crippen molar-refractivity contribution in [3.05, 3.63) is 83.4 Å². The van der Waals surface area contributed by atoms with Gasteiger partial charge in [-0.05, 0) is 85.8 Å². The lowest BCUT2D eigenvalue weighted by atomic mass is 9.85. The number of fused-ring (bicyclic) bond motifs is 4. The van der Waals surface area contributed by atoms with Crippen molar-refractivity contribution in [2.75, 3.05) is 49.6 Å². The Balaban J connectivity index is 0.694. The number of rotatable bonds is 10. The Labute approximate surface area is 357 Å². The maximum Gasteiger partial charge on any atom is 0.284 e. The topological polar surface area (TPSA) is 148 Å². The predicted octanol–water partition coefficient (Wildman–Crippen LogP) is 6.03. The quantitative estimate of drug-likeness (QED) is 0.126. The van der Waals surface area contributed by atoms with Crippen LogP contribution < -0.4 is 15.5 Å². The van der Waals surface area contributed by atoms with Gasteiger partial charge in [0.2, 0.25) is 11.8 Å². The van der Waals surface area contributed by atoms with Gasteiger partial charge >= 0.3 is 0 Å². The summed E-state index contributed by atoms with van der Waals surface area (Å²) in [6.45, 7) is 4.61. The Morgan fingerprint density at radius 3 is 2.60 bits per heavy atom. The summed E-state index contributed by atoms with van der Waals surface area (Å²) >= 11 is 0. The van der Waals surface area contributed by atoms with Gasteiger partial charge in [-0.15, -0.1) is 0 Å². The molecular formula is C46H49F2N9O5. The molecule has 16 heteroatoms. The van der Waals surface area contributed by atoms with E-state index in [1.165, 1.54) is 10.7 Å². The van der Waals surface area contributed by atoms with E-state index < -0.39 is 18.0 Å². The molecular weight excluding hydrogens is 797 g/mol. The van der Waals surface area contributed by atoms with E-state index >= 15 is 0 Å². The number of benzene rings is 2. The molecule has 0 spiro atoms. The summed E-state index contributed by atoms with van der Waals surface area (Å²) in [7, 11) is 0. The van der Waals surface area contributed by atoms with Crippen LogP contribution in [-0.2, 0) is 19.1 Å². The second-order valence-corrected chi connectivity index (χ2v) is 17.3. The van der Waals surface area contributed by atoms with E-state index in [9.17, 15) is 23.2 Å². The minimum Gasteiger partial charge on any atom is -0.374 e. The number of piperidine rings is 2. The molecule has 5 fully saturated rings. The van der Waals surface area contributed by atoms with E-state index in [0.717, 1.165) is 98.8 Å². The van der Waals surface area contributed by atoms with Gasteiger partial charge in [-0.25, -0.2) is 18.3 Å².